The molecule has 5 heteroatoms. The Morgan fingerprint density at radius 3 is 3.00 bits per heavy atom. The number of nitrogens with one attached hydrogen (secondary N) is 1. The fraction of sp³-hybridized carbons (Fsp3) is 0.500. The third kappa shape index (κ3) is 2.71. The van der Waals surface area contributed by atoms with E-state index < -0.39 is 0 Å². The van der Waals surface area contributed by atoms with Crippen LogP contribution in [0.4, 0.5) is 0 Å². The normalized spacial score (nSPS) is 25.0. The number of nitrogens with zero attached hydrogens (tertiary/aromatic N) is 2. The van der Waals surface area contributed by atoms with Crippen LogP contribution in [0.5, 0.6) is 0 Å². The highest BCUT2D eigenvalue weighted by Crippen LogP contribution is 2.25. The first-order valence-electron chi connectivity index (χ1n) is 7.59. The lowest BCUT2D eigenvalue weighted by Gasteiger charge is -2.23. The number of rotatable bonds is 3. The van der Waals surface area contributed by atoms with E-state index in [-0.39, 0.29) is 6.04 Å². The summed E-state index contributed by atoms with van der Waals surface area (Å²) in [5.41, 5.74) is 2.72. The van der Waals surface area contributed by atoms with Gasteiger partial charge in [0.05, 0.1) is 6.04 Å². The van der Waals surface area contributed by atoms with Crippen molar-refractivity contribution in [3.05, 3.63) is 47.1 Å². The Morgan fingerprint density at radius 1 is 1.24 bits per heavy atom. The van der Waals surface area contributed by atoms with Crippen LogP contribution >= 0.6 is 0 Å². The molecule has 21 heavy (non-hydrogen) atoms. The van der Waals surface area contributed by atoms with Gasteiger partial charge in [-0.05, 0) is 29.9 Å². The summed E-state index contributed by atoms with van der Waals surface area (Å²) in [5.74, 6) is 2.05. The molecule has 1 N–H and O–H groups in total. The molecule has 2 unspecified atom stereocenters. The Morgan fingerprint density at radius 2 is 2.14 bits per heavy atom. The van der Waals surface area contributed by atoms with Crippen molar-refractivity contribution in [2.24, 2.45) is 5.92 Å². The number of benzene rings is 1. The molecule has 2 aliphatic rings. The van der Waals surface area contributed by atoms with Crippen LogP contribution in [-0.4, -0.2) is 23.4 Å². The van der Waals surface area contributed by atoms with E-state index in [2.05, 4.69) is 39.7 Å². The van der Waals surface area contributed by atoms with Crippen molar-refractivity contribution in [2.45, 2.75) is 31.8 Å². The Hall–Kier alpha value is -1.72. The van der Waals surface area contributed by atoms with Crippen LogP contribution in [0.2, 0.25) is 0 Å². The Bertz CT molecular complexity index is 619. The van der Waals surface area contributed by atoms with Crippen molar-refractivity contribution in [1.82, 2.24) is 15.5 Å². The van der Waals surface area contributed by atoms with Gasteiger partial charge in [-0.3, -0.25) is 0 Å². The van der Waals surface area contributed by atoms with Crippen molar-refractivity contribution >= 4 is 0 Å². The molecule has 0 saturated carbocycles. The topological polar surface area (TPSA) is 60.2 Å². The third-order valence-corrected chi connectivity index (χ3v) is 4.36. The lowest BCUT2D eigenvalue weighted by molar-refractivity contribution is 0.185. The summed E-state index contributed by atoms with van der Waals surface area (Å²) >= 11 is 0. The second kappa shape index (κ2) is 5.58. The maximum Gasteiger partial charge on any atom is 0.244 e. The zero-order valence-corrected chi connectivity index (χ0v) is 11.9. The van der Waals surface area contributed by atoms with E-state index in [0.29, 0.717) is 11.8 Å². The minimum Gasteiger partial charge on any atom is -0.381 e. The van der Waals surface area contributed by atoms with Gasteiger partial charge >= 0.3 is 0 Å². The first kappa shape index (κ1) is 13.0. The van der Waals surface area contributed by atoms with E-state index in [1.54, 1.807) is 0 Å². The van der Waals surface area contributed by atoms with E-state index in [1.807, 2.05) is 0 Å². The van der Waals surface area contributed by atoms with Crippen molar-refractivity contribution in [2.75, 3.05) is 13.2 Å². The van der Waals surface area contributed by atoms with Crippen molar-refractivity contribution in [1.29, 1.82) is 0 Å². The molecule has 2 aromatic rings. The van der Waals surface area contributed by atoms with Gasteiger partial charge in [-0.15, -0.1) is 0 Å². The molecular formula is C16H19N3O2. The molecule has 0 radical (unpaired) electrons. The highest BCUT2D eigenvalue weighted by Gasteiger charge is 2.25. The van der Waals surface area contributed by atoms with Crippen molar-refractivity contribution < 1.29 is 9.26 Å². The zero-order valence-electron chi connectivity index (χ0n) is 11.9. The zero-order chi connectivity index (χ0) is 14.1. The maximum atomic E-state index is 5.47. The Balaban J connectivity index is 1.46. The molecule has 3 heterocycles. The molecule has 0 spiro atoms. The average molecular weight is 285 g/mol. The van der Waals surface area contributed by atoms with Crippen molar-refractivity contribution in [3.63, 3.8) is 0 Å². The average Bonchev–Trinajstić information content (AvgIpc) is 3.19. The number of hydrogen-bond acceptors (Lipinski definition) is 5. The molecule has 1 saturated heterocycles. The first-order chi connectivity index (χ1) is 10.4. The van der Waals surface area contributed by atoms with E-state index in [9.17, 15) is 0 Å². The van der Waals surface area contributed by atoms with Gasteiger partial charge in [-0.2, -0.15) is 4.98 Å². The van der Waals surface area contributed by atoms with Gasteiger partial charge in [0, 0.05) is 26.2 Å². The van der Waals surface area contributed by atoms with Gasteiger partial charge in [0.25, 0.3) is 0 Å². The van der Waals surface area contributed by atoms with E-state index in [4.69, 9.17) is 9.26 Å². The molecule has 1 aromatic carbocycles. The summed E-state index contributed by atoms with van der Waals surface area (Å²) in [7, 11) is 0. The standard InChI is InChI=1S/C16H19N3O2/c1-2-4-13-9-17-14(8-12(13)3-1)16-18-15(19-21-16)7-11-5-6-20-10-11/h1-4,11,14,17H,5-10H2. The minimum atomic E-state index is 0.126. The summed E-state index contributed by atoms with van der Waals surface area (Å²) in [4.78, 5) is 4.57. The predicted octanol–water partition coefficient (Wildman–Crippen LogP) is 2.04. The summed E-state index contributed by atoms with van der Waals surface area (Å²) in [5, 5.41) is 7.61. The molecule has 2 aliphatic heterocycles. The van der Waals surface area contributed by atoms with Crippen LogP contribution in [0.1, 0.15) is 35.3 Å². The fourth-order valence-corrected chi connectivity index (χ4v) is 3.12. The molecule has 4 rings (SSSR count). The van der Waals surface area contributed by atoms with Crippen molar-refractivity contribution in [3.8, 4) is 0 Å². The molecule has 0 aliphatic carbocycles. The smallest absolute Gasteiger partial charge is 0.244 e. The first-order valence-corrected chi connectivity index (χ1v) is 7.59. The number of ether oxygens (including phenoxy) is 1. The Kier molecular flexibility index (Phi) is 3.45. The molecule has 110 valence electrons. The lowest BCUT2D eigenvalue weighted by Crippen LogP contribution is -2.28. The van der Waals surface area contributed by atoms with Crippen LogP contribution in [0, 0.1) is 5.92 Å². The van der Waals surface area contributed by atoms with E-state index >= 15 is 0 Å². The van der Waals surface area contributed by atoms with Crippen LogP contribution in [0.15, 0.2) is 28.8 Å². The van der Waals surface area contributed by atoms with Crippen LogP contribution in [0.3, 0.4) is 0 Å². The molecule has 0 bridgehead atoms. The molecule has 0 amide bonds. The van der Waals surface area contributed by atoms with Gasteiger partial charge in [0.15, 0.2) is 5.82 Å². The minimum absolute atomic E-state index is 0.126. The highest BCUT2D eigenvalue weighted by molar-refractivity contribution is 5.30. The summed E-state index contributed by atoms with van der Waals surface area (Å²) < 4.78 is 10.9. The summed E-state index contributed by atoms with van der Waals surface area (Å²) in [6.45, 7) is 2.53. The predicted molar refractivity (Wildman–Crippen MR) is 76.7 cm³/mol. The molecule has 1 aromatic heterocycles. The van der Waals surface area contributed by atoms with Gasteiger partial charge in [0.1, 0.15) is 0 Å². The quantitative estimate of drug-likeness (QED) is 0.935. The summed E-state index contributed by atoms with van der Waals surface area (Å²) in [6.07, 6.45) is 2.86. The van der Waals surface area contributed by atoms with Crippen LogP contribution in [-0.2, 0) is 24.1 Å². The number of hydrogen-bond donors (Lipinski definition) is 1. The largest absolute Gasteiger partial charge is 0.381 e. The van der Waals surface area contributed by atoms with Gasteiger partial charge < -0.3 is 14.6 Å². The van der Waals surface area contributed by atoms with Gasteiger partial charge in [0.2, 0.25) is 5.89 Å². The maximum absolute atomic E-state index is 5.47. The van der Waals surface area contributed by atoms with Crippen LogP contribution in [0.25, 0.3) is 0 Å². The van der Waals surface area contributed by atoms with Gasteiger partial charge in [-0.1, -0.05) is 29.4 Å². The van der Waals surface area contributed by atoms with Gasteiger partial charge in [-0.25, -0.2) is 0 Å². The monoisotopic (exact) mass is 285 g/mol. The SMILES string of the molecule is c1ccc2c(c1)CNC(c1nc(CC3CCOC3)no1)C2. The molecule has 2 atom stereocenters. The molecular weight excluding hydrogens is 266 g/mol. The third-order valence-electron chi connectivity index (χ3n) is 4.36. The summed E-state index contributed by atoms with van der Waals surface area (Å²) in [6, 6.07) is 8.63. The number of aromatic nitrogens is 2. The second-order valence-electron chi connectivity index (χ2n) is 5.89. The Labute approximate surface area is 123 Å². The van der Waals surface area contributed by atoms with E-state index in [1.165, 1.54) is 11.1 Å². The molecule has 5 nitrogen and oxygen atoms in total. The number of fused-ring (bicyclic) bond motifs is 1. The van der Waals surface area contributed by atoms with E-state index in [0.717, 1.165) is 44.8 Å². The van der Waals surface area contributed by atoms with Crippen LogP contribution < -0.4 is 5.32 Å². The lowest BCUT2D eigenvalue weighted by atomic mass is 9.96. The fourth-order valence-electron chi connectivity index (χ4n) is 3.12. The second-order valence-corrected chi connectivity index (χ2v) is 5.89. The highest BCUT2D eigenvalue weighted by atomic mass is 16.5. The molecule has 1 fully saturated rings.